The van der Waals surface area contributed by atoms with Crippen molar-refractivity contribution in [2.24, 2.45) is 0 Å². The van der Waals surface area contributed by atoms with Crippen LogP contribution in [0.4, 0.5) is 5.82 Å². The molecule has 4 heterocycles. The van der Waals surface area contributed by atoms with Gasteiger partial charge in [-0.15, -0.1) is 11.3 Å². The van der Waals surface area contributed by atoms with Gasteiger partial charge in [-0.2, -0.15) is 5.10 Å². The number of hydrogen-bond donors (Lipinski definition) is 2. The molecule has 0 spiro atoms. The van der Waals surface area contributed by atoms with E-state index in [1.807, 2.05) is 0 Å². The Morgan fingerprint density at radius 2 is 2.17 bits per heavy atom. The molecule has 0 aromatic carbocycles. The largest absolute Gasteiger partial charge is 0.356 e. The second-order valence-electron chi connectivity index (χ2n) is 5.78. The minimum atomic E-state index is -0.231. The fourth-order valence-corrected chi connectivity index (χ4v) is 3.90. The number of thiophene rings is 1. The van der Waals surface area contributed by atoms with E-state index in [1.54, 1.807) is 11.3 Å². The zero-order valence-electron chi connectivity index (χ0n) is 12.9. The molecule has 0 radical (unpaired) electrons. The minimum absolute atomic E-state index is 0.231. The lowest BCUT2D eigenvalue weighted by atomic mass is 9.96. The van der Waals surface area contributed by atoms with Gasteiger partial charge in [-0.05, 0) is 24.3 Å². The molecule has 8 heteroatoms. The summed E-state index contributed by atoms with van der Waals surface area (Å²) in [4.78, 5) is 26.7. The smallest absolute Gasteiger partial charge is 0.340 e. The van der Waals surface area contributed by atoms with Crippen LogP contribution in [-0.2, 0) is 6.42 Å². The van der Waals surface area contributed by atoms with Gasteiger partial charge in [0.1, 0.15) is 22.3 Å². The predicted molar refractivity (Wildman–Crippen MR) is 90.2 cm³/mol. The molecule has 2 N–H and O–H groups in total. The van der Waals surface area contributed by atoms with Gasteiger partial charge in [0.25, 0.3) is 0 Å². The molecule has 4 rings (SSSR count). The number of aryl methyl sites for hydroxylation is 1. The molecule has 120 valence electrons. The Morgan fingerprint density at radius 3 is 2.87 bits per heavy atom. The normalized spacial score (nSPS) is 16.3. The van der Waals surface area contributed by atoms with E-state index in [2.05, 4.69) is 43.4 Å². The first-order valence-electron chi connectivity index (χ1n) is 7.88. The fourth-order valence-electron chi connectivity index (χ4n) is 3.12. The Morgan fingerprint density at radius 1 is 1.35 bits per heavy atom. The number of aromatic nitrogens is 5. The van der Waals surface area contributed by atoms with Gasteiger partial charge in [0, 0.05) is 25.4 Å². The molecule has 0 bridgehead atoms. The molecule has 3 aromatic rings. The van der Waals surface area contributed by atoms with Crippen LogP contribution in [0.2, 0.25) is 0 Å². The van der Waals surface area contributed by atoms with E-state index in [0.717, 1.165) is 60.0 Å². The van der Waals surface area contributed by atoms with E-state index in [9.17, 15) is 4.79 Å². The van der Waals surface area contributed by atoms with Crippen LogP contribution in [0.3, 0.4) is 0 Å². The van der Waals surface area contributed by atoms with Crippen molar-refractivity contribution in [3.8, 4) is 0 Å². The zero-order valence-corrected chi connectivity index (χ0v) is 13.7. The first-order chi connectivity index (χ1) is 11.2. The number of nitrogens with one attached hydrogen (secondary N) is 2. The summed E-state index contributed by atoms with van der Waals surface area (Å²) >= 11 is 1.66. The molecule has 0 atom stereocenters. The van der Waals surface area contributed by atoms with Crippen LogP contribution in [0.15, 0.2) is 16.2 Å². The summed E-state index contributed by atoms with van der Waals surface area (Å²) in [5, 5.41) is 9.73. The molecule has 1 aliphatic rings. The van der Waals surface area contributed by atoms with Gasteiger partial charge in [0.05, 0.1) is 5.39 Å². The molecule has 0 unspecified atom stereocenters. The van der Waals surface area contributed by atoms with Crippen LogP contribution in [0, 0.1) is 0 Å². The molecule has 23 heavy (non-hydrogen) atoms. The molecule has 7 nitrogen and oxygen atoms in total. The van der Waals surface area contributed by atoms with Crippen molar-refractivity contribution in [1.82, 2.24) is 25.1 Å². The van der Waals surface area contributed by atoms with Crippen LogP contribution >= 0.6 is 11.3 Å². The Bertz CT molecular complexity index is 873. The van der Waals surface area contributed by atoms with E-state index in [1.165, 1.54) is 0 Å². The Balaban J connectivity index is 1.58. The van der Waals surface area contributed by atoms with Crippen LogP contribution < -0.4 is 10.6 Å². The lowest BCUT2D eigenvalue weighted by Gasteiger charge is -2.32. The van der Waals surface area contributed by atoms with Gasteiger partial charge in [-0.25, -0.2) is 19.9 Å². The third-order valence-corrected chi connectivity index (χ3v) is 5.17. The molecule has 0 amide bonds. The molecular weight excluding hydrogens is 312 g/mol. The van der Waals surface area contributed by atoms with Gasteiger partial charge in [0.15, 0.2) is 0 Å². The third-order valence-electron chi connectivity index (χ3n) is 4.37. The number of aromatic amines is 2. The monoisotopic (exact) mass is 330 g/mol. The zero-order chi connectivity index (χ0) is 15.8. The highest BCUT2D eigenvalue weighted by Gasteiger charge is 2.25. The summed E-state index contributed by atoms with van der Waals surface area (Å²) < 4.78 is 0. The number of piperidine rings is 1. The van der Waals surface area contributed by atoms with Crippen molar-refractivity contribution in [2.75, 3.05) is 18.0 Å². The molecule has 0 saturated carbocycles. The van der Waals surface area contributed by atoms with Crippen molar-refractivity contribution in [3.05, 3.63) is 33.6 Å². The highest BCUT2D eigenvalue weighted by atomic mass is 32.1. The number of fused-ring (bicyclic) bond motifs is 1. The quantitative estimate of drug-likeness (QED) is 0.767. The molecule has 0 aliphatic carbocycles. The maximum Gasteiger partial charge on any atom is 0.340 e. The summed E-state index contributed by atoms with van der Waals surface area (Å²) in [5.74, 6) is 3.01. The van der Waals surface area contributed by atoms with E-state index >= 15 is 0 Å². The Kier molecular flexibility index (Phi) is 3.60. The summed E-state index contributed by atoms with van der Waals surface area (Å²) in [6.45, 7) is 3.90. The average molecular weight is 330 g/mol. The van der Waals surface area contributed by atoms with Gasteiger partial charge in [0.2, 0.25) is 0 Å². The van der Waals surface area contributed by atoms with Crippen molar-refractivity contribution in [3.63, 3.8) is 0 Å². The number of nitrogens with zero attached hydrogens (tertiary/aromatic N) is 4. The molecule has 1 aliphatic heterocycles. The van der Waals surface area contributed by atoms with Crippen molar-refractivity contribution in [2.45, 2.75) is 32.1 Å². The lowest BCUT2D eigenvalue weighted by molar-refractivity contribution is 0.485. The van der Waals surface area contributed by atoms with Crippen LogP contribution in [0.1, 0.15) is 37.3 Å². The Hall–Kier alpha value is -2.22. The van der Waals surface area contributed by atoms with Crippen molar-refractivity contribution < 1.29 is 0 Å². The molecule has 1 fully saturated rings. The number of anilines is 1. The second-order valence-corrected chi connectivity index (χ2v) is 6.68. The third kappa shape index (κ3) is 2.63. The maximum atomic E-state index is 11.2. The van der Waals surface area contributed by atoms with Crippen LogP contribution in [-0.4, -0.2) is 38.2 Å². The average Bonchev–Trinajstić information content (AvgIpc) is 3.22. The minimum Gasteiger partial charge on any atom is -0.356 e. The first kappa shape index (κ1) is 14.4. The number of rotatable bonds is 3. The van der Waals surface area contributed by atoms with Gasteiger partial charge < -0.3 is 4.90 Å². The van der Waals surface area contributed by atoms with E-state index in [4.69, 9.17) is 4.98 Å². The SMILES string of the molecule is CCc1nc(N2CCC(c3n[nH]c(=O)[nH]3)CC2)c2ccsc2n1. The highest BCUT2D eigenvalue weighted by molar-refractivity contribution is 7.16. The summed E-state index contributed by atoms with van der Waals surface area (Å²) in [5.41, 5.74) is -0.231. The Labute approximate surface area is 136 Å². The summed E-state index contributed by atoms with van der Waals surface area (Å²) in [6.07, 6.45) is 2.75. The van der Waals surface area contributed by atoms with E-state index in [-0.39, 0.29) is 5.69 Å². The molecule has 1 saturated heterocycles. The topological polar surface area (TPSA) is 90.6 Å². The van der Waals surface area contributed by atoms with Gasteiger partial charge in [-0.3, -0.25) is 4.98 Å². The summed E-state index contributed by atoms with van der Waals surface area (Å²) in [7, 11) is 0. The van der Waals surface area contributed by atoms with Crippen molar-refractivity contribution >= 4 is 27.4 Å². The van der Waals surface area contributed by atoms with Crippen LogP contribution in [0.5, 0.6) is 0 Å². The van der Waals surface area contributed by atoms with Gasteiger partial charge >= 0.3 is 5.69 Å². The lowest BCUT2D eigenvalue weighted by Crippen LogP contribution is -2.34. The number of H-pyrrole nitrogens is 2. The highest BCUT2D eigenvalue weighted by Crippen LogP contribution is 2.32. The molecule has 3 aromatic heterocycles. The van der Waals surface area contributed by atoms with Gasteiger partial charge in [-0.1, -0.05) is 6.92 Å². The number of hydrogen-bond acceptors (Lipinski definition) is 6. The van der Waals surface area contributed by atoms with Crippen LogP contribution in [0.25, 0.3) is 10.2 Å². The van der Waals surface area contributed by atoms with E-state index < -0.39 is 0 Å². The van der Waals surface area contributed by atoms with E-state index in [0.29, 0.717) is 5.92 Å². The maximum absolute atomic E-state index is 11.2. The van der Waals surface area contributed by atoms with Crippen molar-refractivity contribution in [1.29, 1.82) is 0 Å². The fraction of sp³-hybridized carbons (Fsp3) is 0.467. The summed E-state index contributed by atoms with van der Waals surface area (Å²) in [6, 6.07) is 2.10. The second kappa shape index (κ2) is 5.77. The molecular formula is C15H18N6OS. The predicted octanol–water partition coefficient (Wildman–Crippen LogP) is 2.05. The standard InChI is InChI=1S/C15H18N6OS/c1-2-11-16-13(10-5-8-23-14(10)17-11)21-6-3-9(4-7-21)12-18-15(22)20-19-12/h5,8-9H,2-4,6-7H2,1H3,(H2,18,19,20,22). The first-order valence-corrected chi connectivity index (χ1v) is 8.76.